The Bertz CT molecular complexity index is 714. The van der Waals surface area contributed by atoms with Crippen molar-refractivity contribution in [1.82, 2.24) is 9.97 Å². The number of nitrogens with zero attached hydrogens (tertiary/aromatic N) is 2. The first-order valence-corrected chi connectivity index (χ1v) is 5.64. The molecular formula is C13H8F4N2O2. The fraction of sp³-hybridized carbons (Fsp3) is 0.154. The van der Waals surface area contributed by atoms with Crippen LogP contribution in [0.25, 0.3) is 11.4 Å². The number of aromatic nitrogens is 2. The van der Waals surface area contributed by atoms with Crippen molar-refractivity contribution in [2.45, 2.75) is 13.1 Å². The monoisotopic (exact) mass is 300 g/mol. The van der Waals surface area contributed by atoms with Crippen molar-refractivity contribution in [3.05, 3.63) is 47.0 Å². The van der Waals surface area contributed by atoms with Crippen LogP contribution >= 0.6 is 0 Å². The lowest BCUT2D eigenvalue weighted by molar-refractivity contribution is -0.141. The lowest BCUT2D eigenvalue weighted by Gasteiger charge is -2.11. The van der Waals surface area contributed by atoms with Crippen LogP contribution in [0.4, 0.5) is 17.6 Å². The molecule has 0 saturated heterocycles. The lowest BCUT2D eigenvalue weighted by atomic mass is 10.1. The minimum absolute atomic E-state index is 0.193. The van der Waals surface area contributed by atoms with E-state index in [0.29, 0.717) is 11.8 Å². The summed E-state index contributed by atoms with van der Waals surface area (Å²) in [4.78, 5) is 17.7. The van der Waals surface area contributed by atoms with Crippen molar-refractivity contribution in [1.29, 1.82) is 0 Å². The number of alkyl halides is 3. The average Bonchev–Trinajstić information content (AvgIpc) is 2.37. The third-order valence-electron chi connectivity index (χ3n) is 2.72. The molecule has 110 valence electrons. The molecule has 1 aromatic heterocycles. The van der Waals surface area contributed by atoms with Gasteiger partial charge in [0.25, 0.3) is 0 Å². The molecule has 2 rings (SSSR count). The maximum Gasteiger partial charge on any atom is 0.434 e. The number of rotatable bonds is 2. The van der Waals surface area contributed by atoms with Gasteiger partial charge in [0.05, 0.1) is 0 Å². The van der Waals surface area contributed by atoms with Crippen LogP contribution in [0.2, 0.25) is 0 Å². The van der Waals surface area contributed by atoms with Crippen molar-refractivity contribution in [3.8, 4) is 11.4 Å². The Kier molecular flexibility index (Phi) is 3.63. The Hall–Kier alpha value is -2.51. The minimum Gasteiger partial charge on any atom is -0.478 e. The van der Waals surface area contributed by atoms with Gasteiger partial charge < -0.3 is 5.11 Å². The summed E-state index contributed by atoms with van der Waals surface area (Å²) in [5.74, 6) is -2.64. The molecule has 4 nitrogen and oxygen atoms in total. The van der Waals surface area contributed by atoms with Crippen LogP contribution < -0.4 is 0 Å². The molecule has 0 bridgehead atoms. The summed E-state index contributed by atoms with van der Waals surface area (Å²) in [7, 11) is 0. The first-order chi connectivity index (χ1) is 9.70. The third-order valence-corrected chi connectivity index (χ3v) is 2.72. The van der Waals surface area contributed by atoms with Gasteiger partial charge in [-0.1, -0.05) is 0 Å². The van der Waals surface area contributed by atoms with Crippen molar-refractivity contribution in [2.24, 2.45) is 0 Å². The van der Waals surface area contributed by atoms with Crippen LogP contribution in [0.15, 0.2) is 24.4 Å². The van der Waals surface area contributed by atoms with E-state index in [1.807, 2.05) is 0 Å². The van der Waals surface area contributed by atoms with Gasteiger partial charge in [0.1, 0.15) is 11.4 Å². The molecule has 8 heteroatoms. The van der Waals surface area contributed by atoms with Gasteiger partial charge in [-0.15, -0.1) is 0 Å². The van der Waals surface area contributed by atoms with Gasteiger partial charge in [0.2, 0.25) is 0 Å². The molecule has 1 heterocycles. The first-order valence-electron chi connectivity index (χ1n) is 5.64. The largest absolute Gasteiger partial charge is 0.478 e. The maximum absolute atomic E-state index is 13.0. The summed E-state index contributed by atoms with van der Waals surface area (Å²) in [6.45, 7) is 1.49. The second-order valence-corrected chi connectivity index (χ2v) is 4.22. The van der Waals surface area contributed by atoms with Crippen LogP contribution in [-0.4, -0.2) is 21.0 Å². The van der Waals surface area contributed by atoms with Gasteiger partial charge in [0.15, 0.2) is 11.5 Å². The normalized spacial score (nSPS) is 11.5. The van der Waals surface area contributed by atoms with Crippen LogP contribution in [0, 0.1) is 12.7 Å². The summed E-state index contributed by atoms with van der Waals surface area (Å²) in [5, 5.41) is 8.75. The number of hydrogen-bond donors (Lipinski definition) is 1. The highest BCUT2D eigenvalue weighted by molar-refractivity contribution is 5.89. The number of halogens is 4. The SMILES string of the molecule is Cc1cc(F)ccc1-c1ncc(C(=O)O)c(C(F)(F)F)n1. The summed E-state index contributed by atoms with van der Waals surface area (Å²) >= 11 is 0. The molecule has 0 aliphatic heterocycles. The van der Waals surface area contributed by atoms with Gasteiger partial charge in [-0.05, 0) is 30.7 Å². The molecule has 1 N–H and O–H groups in total. The van der Waals surface area contributed by atoms with Crippen molar-refractivity contribution < 1.29 is 27.5 Å². The number of benzene rings is 1. The lowest BCUT2D eigenvalue weighted by Crippen LogP contribution is -2.16. The van der Waals surface area contributed by atoms with E-state index in [9.17, 15) is 22.4 Å². The summed E-state index contributed by atoms with van der Waals surface area (Å²) in [6.07, 6.45) is -4.34. The fourth-order valence-electron chi connectivity index (χ4n) is 1.76. The summed E-state index contributed by atoms with van der Waals surface area (Å²) < 4.78 is 51.6. The molecular weight excluding hydrogens is 292 g/mol. The van der Waals surface area contributed by atoms with Crippen LogP contribution in [0.1, 0.15) is 21.6 Å². The second kappa shape index (κ2) is 5.12. The van der Waals surface area contributed by atoms with E-state index in [1.165, 1.54) is 13.0 Å². The van der Waals surface area contributed by atoms with Gasteiger partial charge in [-0.25, -0.2) is 19.2 Å². The molecule has 0 aliphatic rings. The number of aromatic carboxylic acids is 1. The third kappa shape index (κ3) is 2.99. The quantitative estimate of drug-likeness (QED) is 0.864. The minimum atomic E-state index is -4.93. The number of carbonyl (C=O) groups is 1. The number of aryl methyl sites for hydroxylation is 1. The van der Waals surface area contributed by atoms with Gasteiger partial charge in [-0.3, -0.25) is 0 Å². The highest BCUT2D eigenvalue weighted by Crippen LogP contribution is 2.32. The second-order valence-electron chi connectivity index (χ2n) is 4.22. The predicted octanol–water partition coefficient (Wildman–Crippen LogP) is 3.31. The Morgan fingerprint density at radius 3 is 2.48 bits per heavy atom. The Morgan fingerprint density at radius 2 is 1.95 bits per heavy atom. The fourth-order valence-corrected chi connectivity index (χ4v) is 1.76. The van der Waals surface area contributed by atoms with E-state index in [1.54, 1.807) is 0 Å². The predicted molar refractivity (Wildman–Crippen MR) is 64.1 cm³/mol. The Labute approximate surface area is 116 Å². The van der Waals surface area contributed by atoms with Gasteiger partial charge >= 0.3 is 12.1 Å². The molecule has 0 radical (unpaired) electrons. The van der Waals surface area contributed by atoms with E-state index in [2.05, 4.69) is 9.97 Å². The first kappa shape index (κ1) is 14.9. The van der Waals surface area contributed by atoms with E-state index >= 15 is 0 Å². The van der Waals surface area contributed by atoms with E-state index in [-0.39, 0.29) is 11.4 Å². The van der Waals surface area contributed by atoms with Gasteiger partial charge in [0, 0.05) is 11.8 Å². The zero-order valence-electron chi connectivity index (χ0n) is 10.6. The molecule has 2 aromatic rings. The van der Waals surface area contributed by atoms with Crippen molar-refractivity contribution >= 4 is 5.97 Å². The van der Waals surface area contributed by atoms with Gasteiger partial charge in [-0.2, -0.15) is 13.2 Å². The van der Waals surface area contributed by atoms with E-state index in [0.717, 1.165) is 12.1 Å². The van der Waals surface area contributed by atoms with E-state index < -0.39 is 29.2 Å². The molecule has 0 saturated carbocycles. The molecule has 21 heavy (non-hydrogen) atoms. The molecule has 1 aromatic carbocycles. The number of hydrogen-bond acceptors (Lipinski definition) is 3. The Morgan fingerprint density at radius 1 is 1.29 bits per heavy atom. The van der Waals surface area contributed by atoms with Crippen molar-refractivity contribution in [2.75, 3.05) is 0 Å². The maximum atomic E-state index is 13.0. The molecule has 0 unspecified atom stereocenters. The molecule has 0 spiro atoms. The zero-order chi connectivity index (χ0) is 15.8. The Balaban J connectivity index is 2.64. The molecule has 0 amide bonds. The van der Waals surface area contributed by atoms with Crippen LogP contribution in [0.3, 0.4) is 0 Å². The van der Waals surface area contributed by atoms with Crippen LogP contribution in [-0.2, 0) is 6.18 Å². The summed E-state index contributed by atoms with van der Waals surface area (Å²) in [6, 6.07) is 3.42. The van der Waals surface area contributed by atoms with E-state index in [4.69, 9.17) is 5.11 Å². The highest BCUT2D eigenvalue weighted by atomic mass is 19.4. The summed E-state index contributed by atoms with van der Waals surface area (Å²) in [5.41, 5.74) is -2.04. The smallest absolute Gasteiger partial charge is 0.434 e. The van der Waals surface area contributed by atoms with Crippen LogP contribution in [0.5, 0.6) is 0 Å². The molecule has 0 aliphatic carbocycles. The average molecular weight is 300 g/mol. The number of carboxylic acids is 1. The molecule has 0 fully saturated rings. The number of carboxylic acid groups (broad SMARTS) is 1. The zero-order valence-corrected chi connectivity index (χ0v) is 10.6. The standard InChI is InChI=1S/C13H8F4N2O2/c1-6-4-7(14)2-3-8(6)11-18-5-9(12(20)21)10(19-11)13(15,16)17/h2-5H,1H3,(H,20,21). The van der Waals surface area contributed by atoms with Crippen molar-refractivity contribution in [3.63, 3.8) is 0 Å². The highest BCUT2D eigenvalue weighted by Gasteiger charge is 2.38. The topological polar surface area (TPSA) is 63.1 Å². The molecule has 0 atom stereocenters.